The van der Waals surface area contributed by atoms with Gasteiger partial charge in [-0.05, 0) is 30.7 Å². The molecule has 1 aromatic carbocycles. The minimum atomic E-state index is -0.298. The maximum absolute atomic E-state index is 13.0. The Bertz CT molecular complexity index is 667. The first-order chi connectivity index (χ1) is 10.1. The second-order valence-electron chi connectivity index (χ2n) is 5.30. The first-order valence-corrected chi connectivity index (χ1v) is 6.91. The Balaban J connectivity index is 1.60. The number of hydrogen-bond donors (Lipinski definition) is 2. The number of H-pyrrole nitrogens is 1. The van der Waals surface area contributed by atoms with Crippen molar-refractivity contribution in [3.63, 3.8) is 0 Å². The number of carbonyl (C=O) groups is 1. The standard InChI is InChI=1S/C15H17FN4O/c1-10-6-11(16)2-3-12(10)19-15(21)8-20-5-4-13-14(7-20)18-9-17-13/h2-3,6,9H,4-5,7-8H2,1H3,(H,17,18)(H,19,21). The highest BCUT2D eigenvalue weighted by Gasteiger charge is 2.20. The molecule has 0 saturated carbocycles. The van der Waals surface area contributed by atoms with Crippen LogP contribution in [-0.2, 0) is 17.8 Å². The average molecular weight is 288 g/mol. The van der Waals surface area contributed by atoms with Crippen LogP contribution in [0.5, 0.6) is 0 Å². The predicted molar refractivity (Wildman–Crippen MR) is 77.3 cm³/mol. The molecule has 3 rings (SSSR count). The monoisotopic (exact) mass is 288 g/mol. The van der Waals surface area contributed by atoms with Gasteiger partial charge in [-0.15, -0.1) is 0 Å². The number of anilines is 1. The quantitative estimate of drug-likeness (QED) is 0.906. The first kappa shape index (κ1) is 13.8. The third-order valence-electron chi connectivity index (χ3n) is 3.68. The molecule has 0 radical (unpaired) electrons. The van der Waals surface area contributed by atoms with E-state index >= 15 is 0 Å². The summed E-state index contributed by atoms with van der Waals surface area (Å²) in [5, 5.41) is 2.83. The van der Waals surface area contributed by atoms with Crippen LogP contribution in [0.3, 0.4) is 0 Å². The van der Waals surface area contributed by atoms with Gasteiger partial charge in [-0.1, -0.05) is 0 Å². The van der Waals surface area contributed by atoms with Gasteiger partial charge in [-0.3, -0.25) is 9.69 Å². The summed E-state index contributed by atoms with van der Waals surface area (Å²) in [4.78, 5) is 21.5. The molecule has 2 heterocycles. The van der Waals surface area contributed by atoms with Crippen molar-refractivity contribution in [2.75, 3.05) is 18.4 Å². The Hall–Kier alpha value is -2.21. The van der Waals surface area contributed by atoms with Crippen LogP contribution in [-0.4, -0.2) is 33.9 Å². The molecule has 21 heavy (non-hydrogen) atoms. The minimum Gasteiger partial charge on any atom is -0.347 e. The number of hydrogen-bond acceptors (Lipinski definition) is 3. The number of aromatic amines is 1. The number of aromatic nitrogens is 2. The summed E-state index contributed by atoms with van der Waals surface area (Å²) >= 11 is 0. The Kier molecular flexibility index (Phi) is 3.70. The van der Waals surface area contributed by atoms with E-state index < -0.39 is 0 Å². The Morgan fingerprint density at radius 2 is 2.38 bits per heavy atom. The second kappa shape index (κ2) is 5.65. The fraction of sp³-hybridized carbons (Fsp3) is 0.333. The van der Waals surface area contributed by atoms with Gasteiger partial charge in [0.05, 0.1) is 24.3 Å². The number of nitrogens with one attached hydrogen (secondary N) is 2. The van der Waals surface area contributed by atoms with E-state index in [1.54, 1.807) is 19.3 Å². The molecule has 110 valence electrons. The van der Waals surface area contributed by atoms with Crippen molar-refractivity contribution in [3.05, 3.63) is 47.3 Å². The van der Waals surface area contributed by atoms with E-state index in [0.717, 1.165) is 29.9 Å². The predicted octanol–water partition coefficient (Wildman–Crippen LogP) is 1.85. The van der Waals surface area contributed by atoms with Crippen molar-refractivity contribution >= 4 is 11.6 Å². The normalized spacial score (nSPS) is 14.8. The van der Waals surface area contributed by atoms with E-state index in [0.29, 0.717) is 18.8 Å². The zero-order chi connectivity index (χ0) is 14.8. The molecule has 0 unspecified atom stereocenters. The molecule has 1 amide bonds. The molecule has 5 nitrogen and oxygen atoms in total. The van der Waals surface area contributed by atoms with Crippen LogP contribution in [0.1, 0.15) is 17.0 Å². The summed E-state index contributed by atoms with van der Waals surface area (Å²) in [6.45, 7) is 3.60. The van der Waals surface area contributed by atoms with Crippen LogP contribution < -0.4 is 5.32 Å². The lowest BCUT2D eigenvalue weighted by atomic mass is 10.1. The van der Waals surface area contributed by atoms with Crippen molar-refractivity contribution in [3.8, 4) is 0 Å². The van der Waals surface area contributed by atoms with E-state index in [1.807, 2.05) is 0 Å². The van der Waals surface area contributed by atoms with Crippen molar-refractivity contribution in [2.24, 2.45) is 0 Å². The highest BCUT2D eigenvalue weighted by molar-refractivity contribution is 5.92. The van der Waals surface area contributed by atoms with Crippen LogP contribution in [0, 0.1) is 12.7 Å². The number of nitrogens with zero attached hydrogens (tertiary/aromatic N) is 2. The van der Waals surface area contributed by atoms with Gasteiger partial charge in [0.1, 0.15) is 5.82 Å². The number of imidazole rings is 1. The van der Waals surface area contributed by atoms with E-state index in [9.17, 15) is 9.18 Å². The van der Waals surface area contributed by atoms with Gasteiger partial charge in [0, 0.05) is 25.2 Å². The number of fused-ring (bicyclic) bond motifs is 1. The smallest absolute Gasteiger partial charge is 0.238 e. The topological polar surface area (TPSA) is 61.0 Å². The lowest BCUT2D eigenvalue weighted by Crippen LogP contribution is -2.37. The molecule has 2 N–H and O–H groups in total. The van der Waals surface area contributed by atoms with Crippen LogP contribution in [0.2, 0.25) is 0 Å². The second-order valence-corrected chi connectivity index (χ2v) is 5.30. The zero-order valence-electron chi connectivity index (χ0n) is 11.8. The number of carbonyl (C=O) groups excluding carboxylic acids is 1. The van der Waals surface area contributed by atoms with Crippen LogP contribution in [0.4, 0.5) is 10.1 Å². The highest BCUT2D eigenvalue weighted by Crippen LogP contribution is 2.17. The summed E-state index contributed by atoms with van der Waals surface area (Å²) < 4.78 is 13.0. The third-order valence-corrected chi connectivity index (χ3v) is 3.68. The van der Waals surface area contributed by atoms with Gasteiger partial charge in [0.15, 0.2) is 0 Å². The summed E-state index contributed by atoms with van der Waals surface area (Å²) in [5.74, 6) is -0.388. The van der Waals surface area contributed by atoms with Gasteiger partial charge < -0.3 is 10.3 Å². The molecule has 0 spiro atoms. The van der Waals surface area contributed by atoms with Crippen LogP contribution >= 0.6 is 0 Å². The molecule has 1 aliphatic rings. The Morgan fingerprint density at radius 1 is 1.52 bits per heavy atom. The fourth-order valence-corrected chi connectivity index (χ4v) is 2.56. The molecule has 0 saturated heterocycles. The molecule has 0 atom stereocenters. The van der Waals surface area contributed by atoms with Gasteiger partial charge in [0.25, 0.3) is 0 Å². The molecule has 1 aromatic heterocycles. The van der Waals surface area contributed by atoms with E-state index in [4.69, 9.17) is 0 Å². The van der Waals surface area contributed by atoms with E-state index in [1.165, 1.54) is 12.1 Å². The summed E-state index contributed by atoms with van der Waals surface area (Å²) in [6.07, 6.45) is 2.54. The maximum atomic E-state index is 13.0. The Morgan fingerprint density at radius 3 is 3.19 bits per heavy atom. The fourth-order valence-electron chi connectivity index (χ4n) is 2.56. The van der Waals surface area contributed by atoms with Crippen molar-refractivity contribution in [1.82, 2.24) is 14.9 Å². The summed E-state index contributed by atoms with van der Waals surface area (Å²) in [6, 6.07) is 4.35. The molecular weight excluding hydrogens is 271 g/mol. The molecule has 1 aliphatic heterocycles. The van der Waals surface area contributed by atoms with Crippen molar-refractivity contribution in [1.29, 1.82) is 0 Å². The van der Waals surface area contributed by atoms with Gasteiger partial charge in [-0.25, -0.2) is 9.37 Å². The first-order valence-electron chi connectivity index (χ1n) is 6.91. The number of aryl methyl sites for hydroxylation is 1. The van der Waals surface area contributed by atoms with Gasteiger partial charge >= 0.3 is 0 Å². The molecule has 2 aromatic rings. The molecule has 0 bridgehead atoms. The van der Waals surface area contributed by atoms with E-state index in [-0.39, 0.29) is 11.7 Å². The van der Waals surface area contributed by atoms with Crippen LogP contribution in [0.15, 0.2) is 24.5 Å². The number of benzene rings is 1. The van der Waals surface area contributed by atoms with Gasteiger partial charge in [0.2, 0.25) is 5.91 Å². The number of rotatable bonds is 3. The molecular formula is C15H17FN4O. The SMILES string of the molecule is Cc1cc(F)ccc1NC(=O)CN1CCc2nc[nH]c2C1. The zero-order valence-corrected chi connectivity index (χ0v) is 11.8. The maximum Gasteiger partial charge on any atom is 0.238 e. The van der Waals surface area contributed by atoms with Crippen LogP contribution in [0.25, 0.3) is 0 Å². The van der Waals surface area contributed by atoms with Crippen molar-refractivity contribution < 1.29 is 9.18 Å². The largest absolute Gasteiger partial charge is 0.347 e. The Labute approximate surface area is 122 Å². The molecule has 0 aliphatic carbocycles. The van der Waals surface area contributed by atoms with E-state index in [2.05, 4.69) is 20.2 Å². The average Bonchev–Trinajstić information content (AvgIpc) is 2.89. The number of amides is 1. The molecule has 6 heteroatoms. The highest BCUT2D eigenvalue weighted by atomic mass is 19.1. The lowest BCUT2D eigenvalue weighted by molar-refractivity contribution is -0.117. The summed E-state index contributed by atoms with van der Waals surface area (Å²) in [5.41, 5.74) is 3.53. The van der Waals surface area contributed by atoms with Crippen molar-refractivity contribution in [2.45, 2.75) is 19.9 Å². The summed E-state index contributed by atoms with van der Waals surface area (Å²) in [7, 11) is 0. The third kappa shape index (κ3) is 3.11. The number of halogens is 1. The lowest BCUT2D eigenvalue weighted by Gasteiger charge is -2.25. The minimum absolute atomic E-state index is 0.0901. The molecule has 0 fully saturated rings. The van der Waals surface area contributed by atoms with Gasteiger partial charge in [-0.2, -0.15) is 0 Å².